The molecule has 7 heteroatoms. The first kappa shape index (κ1) is 18.2. The Morgan fingerprint density at radius 3 is 2.15 bits per heavy atom. The number of carbonyl (C=O) groups is 1. The van der Waals surface area contributed by atoms with Crippen LogP contribution in [0.5, 0.6) is 0 Å². The normalized spacial score (nSPS) is 15.5. The summed E-state index contributed by atoms with van der Waals surface area (Å²) in [6, 6.07) is 3.72. The van der Waals surface area contributed by atoms with Crippen molar-refractivity contribution in [3.05, 3.63) is 32.8 Å². The zero-order valence-corrected chi connectivity index (χ0v) is 15.8. The number of piperidine rings is 1. The van der Waals surface area contributed by atoms with E-state index in [2.05, 4.69) is 17.1 Å². The molecule has 1 fully saturated rings. The molecule has 1 aromatic carbocycles. The first-order valence-corrected chi connectivity index (χ1v) is 9.12. The van der Waals surface area contributed by atoms with Crippen molar-refractivity contribution in [3.8, 4) is 0 Å². The van der Waals surface area contributed by atoms with Gasteiger partial charge in [-0.15, -0.1) is 0 Å². The van der Waals surface area contributed by atoms with Gasteiger partial charge in [0.2, 0.25) is 5.91 Å². The molecule has 0 saturated carbocycles. The van der Waals surface area contributed by atoms with Gasteiger partial charge in [0.25, 0.3) is 0 Å². The topological polar surface area (TPSA) is 76.3 Å². The van der Waals surface area contributed by atoms with Gasteiger partial charge in [0.15, 0.2) is 0 Å². The second kappa shape index (κ2) is 6.97. The van der Waals surface area contributed by atoms with E-state index in [1.165, 1.54) is 9.13 Å². The molecular weight excluding hydrogens is 332 g/mol. The van der Waals surface area contributed by atoms with E-state index in [-0.39, 0.29) is 5.91 Å². The zero-order chi connectivity index (χ0) is 19.0. The van der Waals surface area contributed by atoms with Crippen molar-refractivity contribution in [2.24, 2.45) is 20.0 Å². The van der Waals surface area contributed by atoms with E-state index in [1.54, 1.807) is 27.1 Å². The second-order valence-corrected chi connectivity index (χ2v) is 7.16. The van der Waals surface area contributed by atoms with Crippen LogP contribution in [0.4, 0.5) is 11.4 Å². The predicted molar refractivity (Wildman–Crippen MR) is 104 cm³/mol. The highest BCUT2D eigenvalue weighted by Gasteiger charge is 2.21. The molecule has 140 valence electrons. The molecule has 1 aliphatic rings. The minimum absolute atomic E-state index is 0.0780. The monoisotopic (exact) mass is 358 g/mol. The smallest absolute Gasteiger partial charge is 0.316 e. The molecule has 26 heavy (non-hydrogen) atoms. The van der Waals surface area contributed by atoms with Gasteiger partial charge < -0.3 is 19.4 Å². The summed E-state index contributed by atoms with van der Waals surface area (Å²) in [5.41, 5.74) is 1.76. The van der Waals surface area contributed by atoms with Gasteiger partial charge in [-0.05, 0) is 30.9 Å². The summed E-state index contributed by atoms with van der Waals surface area (Å²) >= 11 is 0. The summed E-state index contributed by atoms with van der Waals surface area (Å²) in [7, 11) is 3.19. The van der Waals surface area contributed by atoms with Crippen LogP contribution in [0.1, 0.15) is 33.1 Å². The lowest BCUT2D eigenvalue weighted by atomic mass is 9.98. The molecule has 2 aromatic rings. The van der Waals surface area contributed by atoms with Crippen LogP contribution in [0.3, 0.4) is 0 Å². The average Bonchev–Trinajstić information content (AvgIpc) is 2.65. The maximum absolute atomic E-state index is 12.2. The number of fused-ring (bicyclic) bond motifs is 1. The molecule has 0 radical (unpaired) electrons. The Kier molecular flexibility index (Phi) is 4.89. The average molecular weight is 358 g/mol. The molecule has 2 heterocycles. The fourth-order valence-electron chi connectivity index (χ4n) is 3.46. The first-order chi connectivity index (χ1) is 12.3. The molecule has 1 amide bonds. The van der Waals surface area contributed by atoms with E-state index >= 15 is 0 Å². The zero-order valence-electron chi connectivity index (χ0n) is 15.8. The minimum atomic E-state index is -0.577. The van der Waals surface area contributed by atoms with Crippen molar-refractivity contribution in [2.45, 2.75) is 33.1 Å². The van der Waals surface area contributed by atoms with Crippen molar-refractivity contribution in [1.29, 1.82) is 0 Å². The molecule has 1 aromatic heterocycles. The van der Waals surface area contributed by atoms with Crippen molar-refractivity contribution in [1.82, 2.24) is 9.13 Å². The number of anilines is 2. The first-order valence-electron chi connectivity index (χ1n) is 9.12. The predicted octanol–water partition coefficient (Wildman–Crippen LogP) is 1.82. The Morgan fingerprint density at radius 1 is 1.08 bits per heavy atom. The van der Waals surface area contributed by atoms with Crippen LogP contribution in [-0.2, 0) is 18.9 Å². The fourth-order valence-corrected chi connectivity index (χ4v) is 3.46. The van der Waals surface area contributed by atoms with Gasteiger partial charge in [-0.3, -0.25) is 14.4 Å². The summed E-state index contributed by atoms with van der Waals surface area (Å²) < 4.78 is 2.74. The third kappa shape index (κ3) is 3.13. The van der Waals surface area contributed by atoms with E-state index in [0.717, 1.165) is 31.6 Å². The Labute approximate surface area is 152 Å². The molecule has 1 saturated heterocycles. The van der Waals surface area contributed by atoms with Gasteiger partial charge in [-0.2, -0.15) is 0 Å². The molecular formula is C19H26N4O3. The quantitative estimate of drug-likeness (QED) is 0.849. The highest BCUT2D eigenvalue weighted by atomic mass is 16.2. The highest BCUT2D eigenvalue weighted by molar-refractivity contribution is 5.98. The van der Waals surface area contributed by atoms with Crippen LogP contribution in [-0.4, -0.2) is 28.1 Å². The number of nitrogens with one attached hydrogen (secondary N) is 1. The lowest BCUT2D eigenvalue weighted by Crippen LogP contribution is -2.39. The summed E-state index contributed by atoms with van der Waals surface area (Å²) in [5, 5.41) is 2.96. The van der Waals surface area contributed by atoms with E-state index in [9.17, 15) is 14.4 Å². The van der Waals surface area contributed by atoms with Crippen molar-refractivity contribution in [3.63, 3.8) is 0 Å². The van der Waals surface area contributed by atoms with Crippen LogP contribution in [0.25, 0.3) is 11.0 Å². The SMILES string of the molecule is CCC(=O)Nc1cc2c(cc1N1CCC(C)CC1)n(C)c(=O)c(=O)n2C. The molecule has 0 atom stereocenters. The number of nitrogens with zero attached hydrogens (tertiary/aromatic N) is 3. The number of amides is 1. The third-order valence-corrected chi connectivity index (χ3v) is 5.33. The number of hydrogen-bond donors (Lipinski definition) is 1. The van der Waals surface area contributed by atoms with Gasteiger partial charge in [0.05, 0.1) is 22.4 Å². The van der Waals surface area contributed by atoms with Crippen LogP contribution >= 0.6 is 0 Å². The summed E-state index contributed by atoms with van der Waals surface area (Å²) in [6.45, 7) is 5.86. The number of carbonyl (C=O) groups excluding carboxylic acids is 1. The maximum atomic E-state index is 12.2. The van der Waals surface area contributed by atoms with E-state index in [0.29, 0.717) is 29.1 Å². The standard InChI is InChI=1S/C19H26N4O3/c1-5-17(24)20-13-10-15-16(22(4)19(26)18(25)21(15)3)11-14(13)23-8-6-12(2)7-9-23/h10-12H,5-9H2,1-4H3,(H,20,24). The Balaban J connectivity index is 2.23. The van der Waals surface area contributed by atoms with E-state index in [4.69, 9.17) is 0 Å². The number of rotatable bonds is 3. The van der Waals surface area contributed by atoms with Crippen molar-refractivity contribution in [2.75, 3.05) is 23.3 Å². The van der Waals surface area contributed by atoms with Crippen LogP contribution in [0.2, 0.25) is 0 Å². The summed E-state index contributed by atoms with van der Waals surface area (Å²) in [4.78, 5) is 38.6. The van der Waals surface area contributed by atoms with Gasteiger partial charge >= 0.3 is 11.1 Å². The van der Waals surface area contributed by atoms with Crippen LogP contribution in [0, 0.1) is 5.92 Å². The molecule has 0 unspecified atom stereocenters. The van der Waals surface area contributed by atoms with Gasteiger partial charge in [0, 0.05) is 33.6 Å². The van der Waals surface area contributed by atoms with E-state index < -0.39 is 11.1 Å². The summed E-state index contributed by atoms with van der Waals surface area (Å²) in [6.07, 6.45) is 2.55. The molecule has 7 nitrogen and oxygen atoms in total. The highest BCUT2D eigenvalue weighted by Crippen LogP contribution is 2.33. The number of aromatic nitrogens is 2. The van der Waals surface area contributed by atoms with Gasteiger partial charge in [-0.1, -0.05) is 13.8 Å². The summed E-state index contributed by atoms with van der Waals surface area (Å²) in [5.74, 6) is 0.608. The largest absolute Gasteiger partial charge is 0.370 e. The number of hydrogen-bond acceptors (Lipinski definition) is 4. The maximum Gasteiger partial charge on any atom is 0.316 e. The lowest BCUT2D eigenvalue weighted by molar-refractivity contribution is -0.115. The Morgan fingerprint density at radius 2 is 1.62 bits per heavy atom. The molecule has 0 aliphatic carbocycles. The van der Waals surface area contributed by atoms with E-state index in [1.807, 2.05) is 6.07 Å². The fraction of sp³-hybridized carbons (Fsp3) is 0.526. The Hall–Kier alpha value is -2.57. The molecule has 3 rings (SSSR count). The lowest BCUT2D eigenvalue weighted by Gasteiger charge is -2.33. The third-order valence-electron chi connectivity index (χ3n) is 5.33. The minimum Gasteiger partial charge on any atom is -0.370 e. The number of benzene rings is 1. The molecule has 0 bridgehead atoms. The molecule has 1 aliphatic heterocycles. The van der Waals surface area contributed by atoms with Gasteiger partial charge in [-0.25, -0.2) is 0 Å². The Bertz CT molecular complexity index is 965. The number of aryl methyl sites for hydroxylation is 2. The van der Waals surface area contributed by atoms with Crippen LogP contribution < -0.4 is 21.3 Å². The second-order valence-electron chi connectivity index (χ2n) is 7.16. The van der Waals surface area contributed by atoms with Crippen LogP contribution in [0.15, 0.2) is 21.7 Å². The van der Waals surface area contributed by atoms with Crippen molar-refractivity contribution < 1.29 is 4.79 Å². The molecule has 1 N–H and O–H groups in total. The van der Waals surface area contributed by atoms with Gasteiger partial charge in [0.1, 0.15) is 0 Å². The van der Waals surface area contributed by atoms with Crippen molar-refractivity contribution >= 4 is 28.3 Å². The molecule has 0 spiro atoms.